The van der Waals surface area contributed by atoms with Gasteiger partial charge in [-0.3, -0.25) is 4.79 Å². The summed E-state index contributed by atoms with van der Waals surface area (Å²) < 4.78 is 7.23. The molecule has 2 aromatic heterocycles. The van der Waals surface area contributed by atoms with Gasteiger partial charge in [0.15, 0.2) is 0 Å². The van der Waals surface area contributed by atoms with Gasteiger partial charge in [-0.2, -0.15) is 4.98 Å². The van der Waals surface area contributed by atoms with Gasteiger partial charge in [0, 0.05) is 81.9 Å². The largest absolute Gasteiger partial charge is 0.444 e. The summed E-state index contributed by atoms with van der Waals surface area (Å²) in [5.41, 5.74) is 2.34. The van der Waals surface area contributed by atoms with Crippen LogP contribution in [0.4, 0.5) is 27.9 Å². The first-order valence-electron chi connectivity index (χ1n) is 14.5. The number of rotatable bonds is 5. The van der Waals surface area contributed by atoms with Gasteiger partial charge in [0.05, 0.1) is 5.69 Å². The molecule has 2 amide bonds. The lowest BCUT2D eigenvalue weighted by atomic mass is 10.1. The molecule has 0 unspecified atom stereocenters. The molecule has 224 valence electrons. The molecule has 0 saturated carbocycles. The first kappa shape index (κ1) is 29.2. The van der Waals surface area contributed by atoms with Crippen LogP contribution in [0.25, 0.3) is 5.69 Å². The number of nitrogens with one attached hydrogen (secondary N) is 1. The third-order valence-electron chi connectivity index (χ3n) is 7.51. The average Bonchev–Trinajstić information content (AvgIpc) is 3.41. The summed E-state index contributed by atoms with van der Waals surface area (Å²) in [5.74, 6) is 1.44. The third kappa shape index (κ3) is 6.75. The minimum atomic E-state index is -0.492. The summed E-state index contributed by atoms with van der Waals surface area (Å²) >= 11 is 0. The van der Waals surface area contributed by atoms with E-state index in [0.29, 0.717) is 19.0 Å². The molecule has 2 aliphatic rings. The molecule has 2 saturated heterocycles. The summed E-state index contributed by atoms with van der Waals surface area (Å²) in [6.07, 6.45) is 3.20. The molecule has 2 fully saturated rings. The third-order valence-corrected chi connectivity index (χ3v) is 7.51. The van der Waals surface area contributed by atoms with Gasteiger partial charge in [-0.15, -0.1) is 5.10 Å². The number of anilines is 4. The fourth-order valence-electron chi connectivity index (χ4n) is 5.66. The van der Waals surface area contributed by atoms with E-state index in [1.54, 1.807) is 29.0 Å². The molecule has 2 atom stereocenters. The van der Waals surface area contributed by atoms with E-state index in [1.165, 1.54) is 0 Å². The zero-order valence-corrected chi connectivity index (χ0v) is 25.3. The number of amides is 2. The topological polar surface area (TPSA) is 112 Å². The smallest absolute Gasteiger partial charge is 0.410 e. The summed E-state index contributed by atoms with van der Waals surface area (Å²) in [4.78, 5) is 41.6. The van der Waals surface area contributed by atoms with Gasteiger partial charge in [-0.1, -0.05) is 0 Å². The number of benzene rings is 1. The van der Waals surface area contributed by atoms with E-state index in [1.807, 2.05) is 49.9 Å². The number of hydrogen-bond acceptors (Lipinski definition) is 9. The fourth-order valence-corrected chi connectivity index (χ4v) is 5.66. The summed E-state index contributed by atoms with van der Waals surface area (Å²) in [6, 6.07) is 12.2. The van der Waals surface area contributed by atoms with Crippen LogP contribution in [0, 0.1) is 0 Å². The van der Waals surface area contributed by atoms with Gasteiger partial charge in [0.25, 0.3) is 0 Å². The molecule has 1 N–H and O–H groups in total. The Kier molecular flexibility index (Phi) is 8.24. The molecule has 0 radical (unpaired) electrons. The highest BCUT2D eigenvalue weighted by Crippen LogP contribution is 2.24. The van der Waals surface area contributed by atoms with E-state index in [2.05, 4.69) is 56.2 Å². The lowest BCUT2D eigenvalue weighted by molar-refractivity contribution is -0.133. The molecule has 12 nitrogen and oxygen atoms in total. The van der Waals surface area contributed by atoms with Crippen LogP contribution in [-0.4, -0.2) is 98.5 Å². The van der Waals surface area contributed by atoms with Gasteiger partial charge in [0.1, 0.15) is 17.7 Å². The van der Waals surface area contributed by atoms with Crippen LogP contribution in [0.15, 0.2) is 48.9 Å². The highest BCUT2D eigenvalue weighted by molar-refractivity contribution is 5.74. The van der Waals surface area contributed by atoms with Crippen LogP contribution >= 0.6 is 0 Å². The number of ether oxygens (including phenoxy) is 1. The number of carbonyl (C=O) groups is 2. The van der Waals surface area contributed by atoms with Crippen molar-refractivity contribution in [3.63, 3.8) is 0 Å². The molecule has 5 rings (SSSR count). The van der Waals surface area contributed by atoms with E-state index in [0.717, 1.165) is 49.1 Å². The van der Waals surface area contributed by atoms with E-state index in [9.17, 15) is 9.59 Å². The van der Waals surface area contributed by atoms with E-state index in [4.69, 9.17) is 4.74 Å². The molecule has 4 heterocycles. The molecular formula is C30H41N9O3. The Balaban J connectivity index is 1.18. The summed E-state index contributed by atoms with van der Waals surface area (Å²) in [7, 11) is 0. The molecule has 12 heteroatoms. The minimum absolute atomic E-state index is 0.103. The molecule has 42 heavy (non-hydrogen) atoms. The number of nitrogens with zero attached hydrogens (tertiary/aromatic N) is 8. The number of carbonyl (C=O) groups excluding carboxylic acids is 2. The van der Waals surface area contributed by atoms with Crippen molar-refractivity contribution in [1.82, 2.24) is 29.5 Å². The van der Waals surface area contributed by atoms with E-state index in [-0.39, 0.29) is 24.1 Å². The van der Waals surface area contributed by atoms with Crippen molar-refractivity contribution < 1.29 is 14.3 Å². The van der Waals surface area contributed by atoms with Gasteiger partial charge in [0.2, 0.25) is 11.9 Å². The van der Waals surface area contributed by atoms with Crippen molar-refractivity contribution in [3.8, 4) is 5.69 Å². The number of piperazine rings is 2. The van der Waals surface area contributed by atoms with Crippen LogP contribution in [0.5, 0.6) is 0 Å². The Morgan fingerprint density at radius 2 is 1.57 bits per heavy atom. The Labute approximate surface area is 247 Å². The van der Waals surface area contributed by atoms with Crippen LogP contribution in [0.1, 0.15) is 41.5 Å². The molecule has 0 bridgehead atoms. The van der Waals surface area contributed by atoms with Gasteiger partial charge >= 0.3 is 6.09 Å². The van der Waals surface area contributed by atoms with Crippen LogP contribution in [0.2, 0.25) is 0 Å². The van der Waals surface area contributed by atoms with Crippen molar-refractivity contribution in [2.75, 3.05) is 54.4 Å². The number of pyridine rings is 1. The van der Waals surface area contributed by atoms with Gasteiger partial charge in [-0.25, -0.2) is 14.5 Å². The van der Waals surface area contributed by atoms with Gasteiger partial charge in [-0.05, 0) is 65.0 Å². The second-order valence-corrected chi connectivity index (χ2v) is 12.0. The first-order valence-corrected chi connectivity index (χ1v) is 14.5. The standard InChI is InChI=1S/C30H41N9O3/c1-21-18-37(19-22(2)39(21)23(3)40)27-17-26(11-12-31-27)38-20-32-28(34-38)33-24-7-9-25(10-8-24)35-13-15-36(16-14-35)29(41)42-30(4,5)6/h7-12,17,20-22H,13-16,18-19H2,1-6H3,(H,33,34)/t21-,22+. The monoisotopic (exact) mass is 575 g/mol. The summed E-state index contributed by atoms with van der Waals surface area (Å²) in [5, 5.41) is 7.90. The zero-order valence-electron chi connectivity index (χ0n) is 25.3. The van der Waals surface area contributed by atoms with Crippen molar-refractivity contribution in [2.45, 2.75) is 59.2 Å². The molecule has 3 aromatic rings. The second kappa shape index (κ2) is 11.9. The lowest BCUT2D eigenvalue weighted by Gasteiger charge is -2.44. The normalized spacial score (nSPS) is 19.6. The van der Waals surface area contributed by atoms with Crippen molar-refractivity contribution in [3.05, 3.63) is 48.9 Å². The Morgan fingerprint density at radius 3 is 2.19 bits per heavy atom. The SMILES string of the molecule is CC(=O)N1[C@H](C)CN(c2cc(-n3cnc(Nc4ccc(N5CCN(C(=O)OC(C)(C)C)CC5)cc4)n3)ccn2)C[C@@H]1C. The predicted molar refractivity (Wildman–Crippen MR) is 163 cm³/mol. The Bertz CT molecular complexity index is 1380. The summed E-state index contributed by atoms with van der Waals surface area (Å²) in [6.45, 7) is 15.6. The first-order chi connectivity index (χ1) is 20.0. The Hall–Kier alpha value is -4.35. The molecule has 0 spiro atoms. The fraction of sp³-hybridized carbons (Fsp3) is 0.500. The van der Waals surface area contributed by atoms with Crippen molar-refractivity contribution >= 4 is 35.1 Å². The maximum absolute atomic E-state index is 12.4. The van der Waals surface area contributed by atoms with Gasteiger partial charge < -0.3 is 29.7 Å². The molecular weight excluding hydrogens is 534 g/mol. The Morgan fingerprint density at radius 1 is 0.905 bits per heavy atom. The number of aromatic nitrogens is 4. The van der Waals surface area contributed by atoms with Crippen molar-refractivity contribution in [2.24, 2.45) is 0 Å². The quantitative estimate of drug-likeness (QED) is 0.484. The van der Waals surface area contributed by atoms with E-state index < -0.39 is 5.60 Å². The van der Waals surface area contributed by atoms with E-state index >= 15 is 0 Å². The van der Waals surface area contributed by atoms with Crippen LogP contribution in [-0.2, 0) is 9.53 Å². The maximum atomic E-state index is 12.4. The van der Waals surface area contributed by atoms with Crippen molar-refractivity contribution in [1.29, 1.82) is 0 Å². The maximum Gasteiger partial charge on any atom is 0.410 e. The minimum Gasteiger partial charge on any atom is -0.444 e. The number of hydrogen-bond donors (Lipinski definition) is 1. The second-order valence-electron chi connectivity index (χ2n) is 12.0. The van der Waals surface area contributed by atoms with Crippen LogP contribution in [0.3, 0.4) is 0 Å². The highest BCUT2D eigenvalue weighted by atomic mass is 16.6. The zero-order chi connectivity index (χ0) is 30.0. The van der Waals surface area contributed by atoms with Crippen LogP contribution < -0.4 is 15.1 Å². The average molecular weight is 576 g/mol. The molecule has 2 aliphatic heterocycles. The predicted octanol–water partition coefficient (Wildman–Crippen LogP) is 3.91. The highest BCUT2D eigenvalue weighted by Gasteiger charge is 2.32. The molecule has 0 aliphatic carbocycles. The lowest BCUT2D eigenvalue weighted by Crippen LogP contribution is -2.58. The molecule has 1 aromatic carbocycles.